The topological polar surface area (TPSA) is 32.8 Å². The van der Waals surface area contributed by atoms with E-state index in [4.69, 9.17) is 4.74 Å². The summed E-state index contributed by atoms with van der Waals surface area (Å²) in [5.74, 6) is 0.593. The number of likely N-dealkylation sites (tertiary alicyclic amines) is 1. The summed E-state index contributed by atoms with van der Waals surface area (Å²) in [6.45, 7) is 4.17. The molecule has 1 amide bonds. The smallest absolute Gasteiger partial charge is 0.246 e. The normalized spacial score (nSPS) is 28.7. The van der Waals surface area contributed by atoms with Crippen molar-refractivity contribution in [2.75, 3.05) is 46.9 Å². The van der Waals surface area contributed by atoms with Crippen LogP contribution in [0.25, 0.3) is 6.08 Å². The van der Waals surface area contributed by atoms with E-state index in [-0.39, 0.29) is 11.3 Å². The summed E-state index contributed by atoms with van der Waals surface area (Å²) in [7, 11) is 4.18. The van der Waals surface area contributed by atoms with Gasteiger partial charge in [0, 0.05) is 41.9 Å². The van der Waals surface area contributed by atoms with Gasteiger partial charge < -0.3 is 14.5 Å². The first kappa shape index (κ1) is 14.8. The first-order valence-corrected chi connectivity index (χ1v) is 8.20. The van der Waals surface area contributed by atoms with Gasteiger partial charge in [0.05, 0.1) is 13.2 Å². The molecule has 1 aromatic rings. The number of fused-ring (bicyclic) bond motifs is 1. The minimum Gasteiger partial charge on any atom is -0.380 e. The lowest BCUT2D eigenvalue weighted by atomic mass is 9.81. The third-order valence-electron chi connectivity index (χ3n) is 4.40. The number of thiophene rings is 1. The van der Waals surface area contributed by atoms with Crippen molar-refractivity contribution in [3.8, 4) is 0 Å². The molecule has 2 atom stereocenters. The number of amides is 1. The molecule has 3 rings (SSSR count). The second kappa shape index (κ2) is 5.91. The van der Waals surface area contributed by atoms with Crippen molar-refractivity contribution in [2.45, 2.75) is 0 Å². The largest absolute Gasteiger partial charge is 0.380 e. The highest BCUT2D eigenvalue weighted by Gasteiger charge is 2.51. The summed E-state index contributed by atoms with van der Waals surface area (Å²) in [5.41, 5.74) is 0.121. The molecule has 3 heterocycles. The van der Waals surface area contributed by atoms with Gasteiger partial charge in [-0.25, -0.2) is 0 Å². The van der Waals surface area contributed by atoms with E-state index in [9.17, 15) is 4.79 Å². The molecule has 2 aliphatic rings. The molecule has 0 aliphatic carbocycles. The van der Waals surface area contributed by atoms with Crippen LogP contribution < -0.4 is 0 Å². The lowest BCUT2D eigenvalue weighted by molar-refractivity contribution is -0.125. The van der Waals surface area contributed by atoms with Gasteiger partial charge in [-0.2, -0.15) is 0 Å². The molecule has 0 bridgehead atoms. The van der Waals surface area contributed by atoms with Crippen LogP contribution in [0.4, 0.5) is 0 Å². The molecule has 0 saturated carbocycles. The van der Waals surface area contributed by atoms with Crippen LogP contribution in [0.5, 0.6) is 0 Å². The molecule has 0 aromatic carbocycles. The summed E-state index contributed by atoms with van der Waals surface area (Å²) in [6, 6.07) is 4.02. The van der Waals surface area contributed by atoms with Crippen LogP contribution in [0.15, 0.2) is 23.6 Å². The van der Waals surface area contributed by atoms with Crippen molar-refractivity contribution in [2.24, 2.45) is 11.3 Å². The fraction of sp³-hybridized carbons (Fsp3) is 0.562. The van der Waals surface area contributed by atoms with E-state index in [1.165, 1.54) is 0 Å². The first-order valence-electron chi connectivity index (χ1n) is 7.32. The highest BCUT2D eigenvalue weighted by Crippen LogP contribution is 2.41. The van der Waals surface area contributed by atoms with Gasteiger partial charge in [-0.15, -0.1) is 11.3 Å². The Labute approximate surface area is 130 Å². The minimum absolute atomic E-state index is 0.121. The van der Waals surface area contributed by atoms with E-state index in [1.807, 2.05) is 28.5 Å². The molecule has 4 nitrogen and oxygen atoms in total. The van der Waals surface area contributed by atoms with Gasteiger partial charge >= 0.3 is 0 Å². The molecule has 0 spiro atoms. The summed E-state index contributed by atoms with van der Waals surface area (Å²) >= 11 is 1.65. The van der Waals surface area contributed by atoms with Crippen LogP contribution in [-0.2, 0) is 9.53 Å². The lowest BCUT2D eigenvalue weighted by Gasteiger charge is -2.30. The van der Waals surface area contributed by atoms with E-state index >= 15 is 0 Å². The highest BCUT2D eigenvalue weighted by atomic mass is 32.1. The van der Waals surface area contributed by atoms with Crippen molar-refractivity contribution in [3.63, 3.8) is 0 Å². The Morgan fingerprint density at radius 2 is 2.48 bits per heavy atom. The molecule has 114 valence electrons. The third-order valence-corrected chi connectivity index (χ3v) is 5.23. The Hall–Kier alpha value is -1.17. The van der Waals surface area contributed by atoms with Gasteiger partial charge in [0.25, 0.3) is 0 Å². The van der Waals surface area contributed by atoms with Crippen LogP contribution in [0.2, 0.25) is 0 Å². The maximum atomic E-state index is 12.4. The second-order valence-electron chi connectivity index (χ2n) is 6.38. The van der Waals surface area contributed by atoms with Crippen molar-refractivity contribution < 1.29 is 9.53 Å². The molecule has 2 saturated heterocycles. The highest BCUT2D eigenvalue weighted by molar-refractivity contribution is 7.10. The average molecular weight is 306 g/mol. The predicted octanol–water partition coefficient (Wildman–Crippen LogP) is 1.80. The zero-order valence-corrected chi connectivity index (χ0v) is 13.4. The molecule has 21 heavy (non-hydrogen) atoms. The van der Waals surface area contributed by atoms with Gasteiger partial charge in [-0.05, 0) is 31.6 Å². The molecule has 2 aliphatic heterocycles. The summed E-state index contributed by atoms with van der Waals surface area (Å²) in [6.07, 6.45) is 3.62. The van der Waals surface area contributed by atoms with E-state index in [2.05, 4.69) is 19.0 Å². The fourth-order valence-electron chi connectivity index (χ4n) is 3.50. The van der Waals surface area contributed by atoms with E-state index in [0.29, 0.717) is 5.92 Å². The van der Waals surface area contributed by atoms with Crippen molar-refractivity contribution in [1.82, 2.24) is 9.80 Å². The van der Waals surface area contributed by atoms with Crippen molar-refractivity contribution in [3.05, 3.63) is 28.5 Å². The Balaban J connectivity index is 1.67. The van der Waals surface area contributed by atoms with Crippen molar-refractivity contribution in [1.29, 1.82) is 0 Å². The Morgan fingerprint density at radius 3 is 3.19 bits per heavy atom. The Morgan fingerprint density at radius 1 is 1.62 bits per heavy atom. The monoisotopic (exact) mass is 306 g/mol. The zero-order valence-electron chi connectivity index (χ0n) is 12.6. The molecule has 0 N–H and O–H groups in total. The summed E-state index contributed by atoms with van der Waals surface area (Å²) < 4.78 is 5.68. The van der Waals surface area contributed by atoms with Gasteiger partial charge in [0.2, 0.25) is 5.91 Å². The molecular formula is C16H22N2O2S. The zero-order chi connectivity index (χ0) is 14.9. The maximum absolute atomic E-state index is 12.4. The molecule has 0 radical (unpaired) electrons. The van der Waals surface area contributed by atoms with Gasteiger partial charge in [-0.1, -0.05) is 6.07 Å². The Bertz CT molecular complexity index is 526. The van der Waals surface area contributed by atoms with Crippen LogP contribution in [0.1, 0.15) is 4.88 Å². The summed E-state index contributed by atoms with van der Waals surface area (Å²) in [5, 5.41) is 2.02. The third kappa shape index (κ3) is 3.05. The number of hydrogen-bond donors (Lipinski definition) is 0. The number of hydrogen-bond acceptors (Lipinski definition) is 4. The molecule has 5 heteroatoms. The standard InChI is InChI=1S/C16H22N2O2S/c1-17(2)10-16-11-18(8-13(16)9-20-12-16)15(19)6-5-14-4-3-7-21-14/h3-7,13H,8-12H2,1-2H3/b6-5+/t13-,16+/m1/s1. The predicted molar refractivity (Wildman–Crippen MR) is 85.2 cm³/mol. The molecular weight excluding hydrogens is 284 g/mol. The fourth-order valence-corrected chi connectivity index (χ4v) is 4.12. The molecule has 1 aromatic heterocycles. The first-order chi connectivity index (χ1) is 10.1. The lowest BCUT2D eigenvalue weighted by Crippen LogP contribution is -2.41. The quantitative estimate of drug-likeness (QED) is 0.795. The average Bonchev–Trinajstić information content (AvgIpc) is 3.09. The van der Waals surface area contributed by atoms with Crippen molar-refractivity contribution >= 4 is 23.3 Å². The number of carbonyl (C=O) groups is 1. The molecule has 2 fully saturated rings. The maximum Gasteiger partial charge on any atom is 0.246 e. The number of carbonyl (C=O) groups excluding carboxylic acids is 1. The second-order valence-corrected chi connectivity index (χ2v) is 7.36. The summed E-state index contributed by atoms with van der Waals surface area (Å²) in [4.78, 5) is 17.7. The SMILES string of the molecule is CN(C)C[C@]12COC[C@H]1CN(C(=O)/C=C/c1cccs1)C2. The van der Waals surface area contributed by atoms with E-state index < -0.39 is 0 Å². The van der Waals surface area contributed by atoms with Crippen LogP contribution in [-0.4, -0.2) is 62.7 Å². The Kier molecular flexibility index (Phi) is 4.15. The van der Waals surface area contributed by atoms with Gasteiger partial charge in [0.15, 0.2) is 0 Å². The number of ether oxygens (including phenoxy) is 1. The van der Waals surface area contributed by atoms with Gasteiger partial charge in [0.1, 0.15) is 0 Å². The van der Waals surface area contributed by atoms with Crippen LogP contribution in [0, 0.1) is 11.3 Å². The molecule has 0 unspecified atom stereocenters. The number of rotatable bonds is 4. The van der Waals surface area contributed by atoms with Gasteiger partial charge in [-0.3, -0.25) is 4.79 Å². The van der Waals surface area contributed by atoms with E-state index in [1.54, 1.807) is 17.4 Å². The van der Waals surface area contributed by atoms with Crippen LogP contribution >= 0.6 is 11.3 Å². The number of nitrogens with zero attached hydrogens (tertiary/aromatic N) is 2. The van der Waals surface area contributed by atoms with Crippen LogP contribution in [0.3, 0.4) is 0 Å². The minimum atomic E-state index is 0.121. The van der Waals surface area contributed by atoms with E-state index in [0.717, 1.165) is 37.7 Å².